The summed E-state index contributed by atoms with van der Waals surface area (Å²) in [4.78, 5) is 37.8. The molecule has 2 aromatic carbocycles. The minimum atomic E-state index is -0.423. The Hall–Kier alpha value is -3.83. The number of aromatic nitrogens is 1. The van der Waals surface area contributed by atoms with E-state index in [1.165, 1.54) is 17.4 Å². The number of thiazole rings is 1. The fourth-order valence-electron chi connectivity index (χ4n) is 7.12. The molecule has 10 nitrogen and oxygen atoms in total. The summed E-state index contributed by atoms with van der Waals surface area (Å²) in [6, 6.07) is 10.2. The summed E-state index contributed by atoms with van der Waals surface area (Å²) in [6.45, 7) is 15.1. The molecule has 0 saturated carbocycles. The lowest BCUT2D eigenvalue weighted by Gasteiger charge is -2.42. The van der Waals surface area contributed by atoms with E-state index in [0.717, 1.165) is 54.3 Å². The van der Waals surface area contributed by atoms with E-state index in [-0.39, 0.29) is 34.2 Å². The summed E-state index contributed by atoms with van der Waals surface area (Å²) in [6.07, 6.45) is 2.38. The van der Waals surface area contributed by atoms with Gasteiger partial charge in [-0.2, -0.15) is 0 Å². The lowest BCUT2D eigenvalue weighted by Crippen LogP contribution is -2.46. The van der Waals surface area contributed by atoms with Crippen molar-refractivity contribution in [2.24, 2.45) is 11.3 Å². The largest absolute Gasteiger partial charge is 0.508 e. The van der Waals surface area contributed by atoms with Crippen LogP contribution in [0.5, 0.6) is 11.5 Å². The second kappa shape index (κ2) is 11.8. The van der Waals surface area contributed by atoms with Crippen LogP contribution in [0.15, 0.2) is 36.4 Å². The lowest BCUT2D eigenvalue weighted by atomic mass is 9.73. The molecule has 11 heteroatoms. The second-order valence-electron chi connectivity index (χ2n) is 14.2. The highest BCUT2D eigenvalue weighted by Gasteiger charge is 2.48. The van der Waals surface area contributed by atoms with E-state index in [0.29, 0.717) is 42.6 Å². The lowest BCUT2D eigenvalue weighted by molar-refractivity contribution is -0.135. The Morgan fingerprint density at radius 1 is 1.02 bits per heavy atom. The van der Waals surface area contributed by atoms with Crippen molar-refractivity contribution < 1.29 is 19.8 Å². The predicted octanol–water partition coefficient (Wildman–Crippen LogP) is 6.27. The van der Waals surface area contributed by atoms with Crippen LogP contribution in [0.4, 0.5) is 27.0 Å². The molecule has 3 aliphatic rings. The van der Waals surface area contributed by atoms with Crippen molar-refractivity contribution in [3.8, 4) is 11.5 Å². The molecule has 0 bridgehead atoms. The summed E-state index contributed by atoms with van der Waals surface area (Å²) in [5, 5.41) is 28.7. The van der Waals surface area contributed by atoms with E-state index in [4.69, 9.17) is 0 Å². The minimum absolute atomic E-state index is 0.0625. The number of hydrogen-bond acceptors (Lipinski definition) is 8. The van der Waals surface area contributed by atoms with Gasteiger partial charge in [0.05, 0.1) is 29.3 Å². The van der Waals surface area contributed by atoms with Gasteiger partial charge >= 0.3 is 6.03 Å². The van der Waals surface area contributed by atoms with Crippen molar-refractivity contribution in [3.63, 3.8) is 0 Å². The molecule has 1 fully saturated rings. The van der Waals surface area contributed by atoms with Gasteiger partial charge in [-0.15, -0.1) is 0 Å². The highest BCUT2D eigenvalue weighted by molar-refractivity contribution is 7.15. The van der Waals surface area contributed by atoms with Crippen molar-refractivity contribution >= 4 is 45.5 Å². The number of carbonyl (C=O) groups excluding carboxylic acids is 2. The summed E-state index contributed by atoms with van der Waals surface area (Å²) < 4.78 is 0. The maximum Gasteiger partial charge on any atom is 0.325 e. The van der Waals surface area contributed by atoms with Crippen molar-refractivity contribution in [3.05, 3.63) is 52.5 Å². The number of carbonyl (C=O) groups is 2. The molecule has 4 heterocycles. The number of anilines is 4. The van der Waals surface area contributed by atoms with Gasteiger partial charge in [0.1, 0.15) is 11.5 Å². The van der Waals surface area contributed by atoms with E-state index in [1.807, 2.05) is 47.9 Å². The number of benzene rings is 2. The molecule has 240 valence electrons. The summed E-state index contributed by atoms with van der Waals surface area (Å²) >= 11 is 1.40. The van der Waals surface area contributed by atoms with E-state index in [1.54, 1.807) is 6.07 Å². The van der Waals surface area contributed by atoms with E-state index in [2.05, 4.69) is 41.3 Å². The number of aromatic hydroxyl groups is 2. The highest BCUT2D eigenvalue weighted by atomic mass is 32.1. The fraction of sp³-hybridized carbons (Fsp3) is 0.500. The second-order valence-corrected chi connectivity index (χ2v) is 15.3. The molecule has 1 aromatic heterocycles. The normalized spacial score (nSPS) is 17.8. The number of phenolic OH excluding ortho intramolecular Hbond substituents is 2. The minimum Gasteiger partial charge on any atom is -0.508 e. The van der Waals surface area contributed by atoms with Gasteiger partial charge in [0.25, 0.3) is 0 Å². The monoisotopic (exact) mass is 632 g/mol. The van der Waals surface area contributed by atoms with Gasteiger partial charge in [-0.25, -0.2) is 9.78 Å². The van der Waals surface area contributed by atoms with E-state index in [9.17, 15) is 19.8 Å². The first-order valence-electron chi connectivity index (χ1n) is 15.8. The number of hydrogen-bond donors (Lipinski definition) is 4. The number of fused-ring (bicyclic) bond motifs is 3. The Bertz CT molecular complexity index is 1600. The Morgan fingerprint density at radius 2 is 1.73 bits per heavy atom. The summed E-state index contributed by atoms with van der Waals surface area (Å²) in [5.41, 5.74) is 3.50. The van der Waals surface area contributed by atoms with Gasteiger partial charge in [0.15, 0.2) is 5.13 Å². The quantitative estimate of drug-likeness (QED) is 0.245. The van der Waals surface area contributed by atoms with Crippen LogP contribution in [0.3, 0.4) is 0 Å². The van der Waals surface area contributed by atoms with Crippen molar-refractivity contribution in [2.75, 3.05) is 48.3 Å². The number of amides is 3. The molecule has 0 unspecified atom stereocenters. The average molecular weight is 633 g/mol. The molecule has 0 aliphatic carbocycles. The standard InChI is InChI=1S/C34H44N6O4S/c1-21(2)30(43)39-15-12-23-27(18-39)45-32(36-23)37-31(44)35-22-8-6-7-9-24(22)40-20-34(28-25(41)10-11-26(42)29(28)40)13-16-38(17-14-34)19-33(3,4)5/h6-11,21,41-42H,12-20H2,1-5H3,(H2,35,36,37,44). The van der Waals surface area contributed by atoms with Gasteiger partial charge in [-0.3, -0.25) is 10.1 Å². The van der Waals surface area contributed by atoms with Crippen LogP contribution in [-0.2, 0) is 23.2 Å². The van der Waals surface area contributed by atoms with Crippen LogP contribution in [0.25, 0.3) is 0 Å². The van der Waals surface area contributed by atoms with Gasteiger partial charge in [-0.05, 0) is 55.6 Å². The average Bonchev–Trinajstić information content (AvgIpc) is 3.54. The smallest absolute Gasteiger partial charge is 0.325 e. The Balaban J connectivity index is 1.22. The molecule has 0 radical (unpaired) electrons. The highest BCUT2D eigenvalue weighted by Crippen LogP contribution is 2.57. The Labute approximate surface area is 269 Å². The number of rotatable bonds is 5. The third-order valence-corrected chi connectivity index (χ3v) is 10.1. The SMILES string of the molecule is CC(C)C(=O)N1CCc2nc(NC(=O)Nc3ccccc3N3CC4(CCN(CC(C)(C)C)CC4)c4c(O)ccc(O)c43)sc2C1. The molecule has 0 atom stereocenters. The molecule has 3 amide bonds. The van der Waals surface area contributed by atoms with Gasteiger partial charge in [0.2, 0.25) is 5.91 Å². The molecule has 45 heavy (non-hydrogen) atoms. The van der Waals surface area contributed by atoms with Crippen LogP contribution < -0.4 is 15.5 Å². The van der Waals surface area contributed by atoms with E-state index < -0.39 is 6.03 Å². The number of nitrogens with zero attached hydrogens (tertiary/aromatic N) is 4. The Kier molecular flexibility index (Phi) is 8.19. The zero-order valence-corrected chi connectivity index (χ0v) is 27.6. The third kappa shape index (κ3) is 6.20. The maximum atomic E-state index is 13.3. The maximum absolute atomic E-state index is 13.3. The molecule has 6 rings (SSSR count). The number of para-hydroxylation sites is 2. The zero-order chi connectivity index (χ0) is 32.1. The molecule has 3 aromatic rings. The number of nitrogens with one attached hydrogen (secondary N) is 2. The molecule has 1 saturated heterocycles. The number of urea groups is 1. The van der Waals surface area contributed by atoms with E-state index >= 15 is 0 Å². The first-order chi connectivity index (χ1) is 21.3. The van der Waals surface area contributed by atoms with Crippen LogP contribution in [-0.4, -0.2) is 69.7 Å². The topological polar surface area (TPSA) is 121 Å². The predicted molar refractivity (Wildman–Crippen MR) is 179 cm³/mol. The van der Waals surface area contributed by atoms with Crippen molar-refractivity contribution in [2.45, 2.75) is 65.8 Å². The van der Waals surface area contributed by atoms with Gasteiger partial charge in [-0.1, -0.05) is 58.1 Å². The zero-order valence-electron chi connectivity index (χ0n) is 26.8. The first kappa shape index (κ1) is 31.2. The molecular formula is C34H44N6O4S. The number of piperidine rings is 1. The van der Waals surface area contributed by atoms with Crippen LogP contribution in [0, 0.1) is 11.3 Å². The van der Waals surface area contributed by atoms with Gasteiger partial charge in [0, 0.05) is 47.8 Å². The van der Waals surface area contributed by atoms with Crippen molar-refractivity contribution in [1.29, 1.82) is 0 Å². The van der Waals surface area contributed by atoms with Crippen molar-refractivity contribution in [1.82, 2.24) is 14.8 Å². The molecule has 3 aliphatic heterocycles. The molecule has 1 spiro atoms. The molecule has 4 N–H and O–H groups in total. The van der Waals surface area contributed by atoms with Crippen LogP contribution in [0.1, 0.15) is 63.6 Å². The third-order valence-electron chi connectivity index (χ3n) is 9.11. The summed E-state index contributed by atoms with van der Waals surface area (Å²) in [5.74, 6) is 0.360. The number of phenols is 2. The van der Waals surface area contributed by atoms with Gasteiger partial charge < -0.3 is 30.2 Å². The van der Waals surface area contributed by atoms with Crippen LogP contribution in [0.2, 0.25) is 0 Å². The first-order valence-corrected chi connectivity index (χ1v) is 16.6. The number of likely N-dealkylation sites (tertiary alicyclic amines) is 1. The summed E-state index contributed by atoms with van der Waals surface area (Å²) in [7, 11) is 0. The Morgan fingerprint density at radius 3 is 2.44 bits per heavy atom. The van der Waals surface area contributed by atoms with Crippen LogP contribution >= 0.6 is 11.3 Å². The fourth-order valence-corrected chi connectivity index (χ4v) is 8.14. The molecular weight excluding hydrogens is 588 g/mol.